The third kappa shape index (κ3) is 4.21. The highest BCUT2D eigenvalue weighted by Gasteiger charge is 2.19. The zero-order chi connectivity index (χ0) is 24.5. The molecule has 0 radical (unpaired) electrons. The van der Waals surface area contributed by atoms with Crippen LogP contribution in [0.25, 0.3) is 33.3 Å². The van der Waals surface area contributed by atoms with E-state index in [1.54, 1.807) is 41.2 Å². The number of furan rings is 1. The van der Waals surface area contributed by atoms with E-state index in [0.717, 1.165) is 21.7 Å². The lowest BCUT2D eigenvalue weighted by Crippen LogP contribution is -2.16. The van der Waals surface area contributed by atoms with Gasteiger partial charge < -0.3 is 4.42 Å². The lowest BCUT2D eigenvalue weighted by molar-refractivity contribution is 0.473. The summed E-state index contributed by atoms with van der Waals surface area (Å²) in [5.41, 5.74) is 2.74. The van der Waals surface area contributed by atoms with Gasteiger partial charge in [-0.2, -0.15) is 5.10 Å². The van der Waals surface area contributed by atoms with Crippen molar-refractivity contribution in [3.8, 4) is 11.5 Å². The van der Waals surface area contributed by atoms with E-state index in [-0.39, 0.29) is 12.4 Å². The molecule has 6 aromatic rings. The Bertz CT molecular complexity index is 1720. The van der Waals surface area contributed by atoms with Crippen molar-refractivity contribution < 1.29 is 13.0 Å². The second-order valence-corrected chi connectivity index (χ2v) is 9.55. The molecule has 3 aromatic carbocycles. The normalized spacial score (nSPS) is 12.4. The van der Waals surface area contributed by atoms with Crippen molar-refractivity contribution in [2.24, 2.45) is 0 Å². The van der Waals surface area contributed by atoms with Gasteiger partial charge in [0, 0.05) is 18.3 Å². The lowest BCUT2D eigenvalue weighted by atomic mass is 10.1. The number of halogens is 1. The van der Waals surface area contributed by atoms with Gasteiger partial charge in [-0.05, 0) is 46.7 Å². The summed E-state index contributed by atoms with van der Waals surface area (Å²) in [6, 6.07) is 27.9. The number of hydrogen-bond donors (Lipinski definition) is 1. The summed E-state index contributed by atoms with van der Waals surface area (Å²) in [6.07, 6.45) is 1.67. The van der Waals surface area contributed by atoms with E-state index in [1.807, 2.05) is 36.4 Å². The van der Waals surface area contributed by atoms with E-state index in [1.165, 1.54) is 6.07 Å². The van der Waals surface area contributed by atoms with Gasteiger partial charge in [0.05, 0.1) is 11.9 Å². The Balaban J connectivity index is 1.26. The summed E-state index contributed by atoms with van der Waals surface area (Å²) >= 11 is 0. The molecule has 1 atom stereocenters. The first kappa shape index (κ1) is 22.3. The maximum atomic E-state index is 14.3. The molecular weight excluding hydrogens is 475 g/mol. The fraction of sp³-hybridized carbons (Fsp3) is 0.0714. The number of rotatable bonds is 7. The van der Waals surface area contributed by atoms with Crippen LogP contribution in [0.15, 0.2) is 107 Å². The Kier molecular flexibility index (Phi) is 5.88. The van der Waals surface area contributed by atoms with Gasteiger partial charge in [-0.15, -0.1) is 0 Å². The van der Waals surface area contributed by atoms with Crippen molar-refractivity contribution in [2.45, 2.75) is 18.2 Å². The largest absolute Gasteiger partial charge is 0.444 e. The molecule has 1 unspecified atom stereocenters. The SMILES string of the molecule is O=S(NCc1cccc2ccccc12)c1ccc(-c2nn(Cc3ccccc3F)c3ncccc23)o1. The predicted molar refractivity (Wildman–Crippen MR) is 138 cm³/mol. The Hall–Kier alpha value is -4.14. The first-order chi connectivity index (χ1) is 17.7. The third-order valence-corrected chi connectivity index (χ3v) is 7.05. The van der Waals surface area contributed by atoms with Crippen LogP contribution in [0.5, 0.6) is 0 Å². The van der Waals surface area contributed by atoms with E-state index in [2.05, 4.69) is 33.0 Å². The van der Waals surface area contributed by atoms with Crippen molar-refractivity contribution in [3.05, 3.63) is 114 Å². The second-order valence-electron chi connectivity index (χ2n) is 8.32. The summed E-state index contributed by atoms with van der Waals surface area (Å²) in [7, 11) is -1.56. The fourth-order valence-electron chi connectivity index (χ4n) is 4.30. The minimum atomic E-state index is -1.56. The standard InChI is InChI=1S/C28H21FN4O2S/c29-24-13-4-2-8-21(24)18-33-28-23(12-6-16-30-28)27(32-33)25-14-15-26(35-25)36(34)31-17-20-10-5-9-19-7-1-3-11-22(19)20/h1-16,31H,17-18H2. The van der Waals surface area contributed by atoms with Gasteiger partial charge in [0.25, 0.3) is 0 Å². The first-order valence-corrected chi connectivity index (χ1v) is 12.6. The Morgan fingerprint density at radius 3 is 2.56 bits per heavy atom. The summed E-state index contributed by atoms with van der Waals surface area (Å²) in [6.45, 7) is 0.653. The lowest BCUT2D eigenvalue weighted by Gasteiger charge is -2.07. The van der Waals surface area contributed by atoms with Crippen LogP contribution in [0.2, 0.25) is 0 Å². The Labute approximate surface area is 209 Å². The molecule has 0 spiro atoms. The van der Waals surface area contributed by atoms with Crippen molar-refractivity contribution in [1.82, 2.24) is 19.5 Å². The molecule has 178 valence electrons. The summed E-state index contributed by atoms with van der Waals surface area (Å²) in [4.78, 5) is 4.45. The smallest absolute Gasteiger partial charge is 0.206 e. The summed E-state index contributed by atoms with van der Waals surface area (Å²) in [5.74, 6) is 0.169. The molecule has 0 aliphatic rings. The van der Waals surface area contributed by atoms with Gasteiger partial charge in [-0.1, -0.05) is 60.7 Å². The summed E-state index contributed by atoms with van der Waals surface area (Å²) in [5, 5.41) is 7.98. The maximum Gasteiger partial charge on any atom is 0.206 e. The van der Waals surface area contributed by atoms with E-state index in [9.17, 15) is 8.60 Å². The van der Waals surface area contributed by atoms with Crippen LogP contribution < -0.4 is 4.72 Å². The van der Waals surface area contributed by atoms with E-state index in [0.29, 0.717) is 34.3 Å². The highest BCUT2D eigenvalue weighted by atomic mass is 32.2. The van der Waals surface area contributed by atoms with Crippen LogP contribution in [0.3, 0.4) is 0 Å². The van der Waals surface area contributed by atoms with Crippen molar-refractivity contribution in [3.63, 3.8) is 0 Å². The third-order valence-electron chi connectivity index (χ3n) is 6.06. The fourth-order valence-corrected chi connectivity index (χ4v) is 5.08. The number of nitrogens with one attached hydrogen (secondary N) is 1. The molecule has 0 fully saturated rings. The van der Waals surface area contributed by atoms with Gasteiger partial charge >= 0.3 is 0 Å². The van der Waals surface area contributed by atoms with E-state index in [4.69, 9.17) is 4.42 Å². The molecule has 3 heterocycles. The van der Waals surface area contributed by atoms with Crippen molar-refractivity contribution in [1.29, 1.82) is 0 Å². The molecule has 6 nitrogen and oxygen atoms in total. The minimum Gasteiger partial charge on any atom is -0.444 e. The first-order valence-electron chi connectivity index (χ1n) is 11.4. The number of fused-ring (bicyclic) bond motifs is 2. The zero-order valence-electron chi connectivity index (χ0n) is 19.1. The molecule has 8 heteroatoms. The molecule has 0 saturated heterocycles. The van der Waals surface area contributed by atoms with Crippen LogP contribution >= 0.6 is 0 Å². The Morgan fingerprint density at radius 2 is 1.64 bits per heavy atom. The zero-order valence-corrected chi connectivity index (χ0v) is 19.9. The van der Waals surface area contributed by atoms with Crippen LogP contribution in [-0.2, 0) is 24.1 Å². The van der Waals surface area contributed by atoms with Crippen LogP contribution in [0.4, 0.5) is 4.39 Å². The topological polar surface area (TPSA) is 73.0 Å². The second kappa shape index (κ2) is 9.49. The van der Waals surface area contributed by atoms with Gasteiger partial charge in [0.15, 0.2) is 22.4 Å². The number of nitrogens with zero attached hydrogens (tertiary/aromatic N) is 3. The Morgan fingerprint density at radius 1 is 0.861 bits per heavy atom. The predicted octanol–water partition coefficient (Wildman–Crippen LogP) is 5.84. The number of pyridine rings is 1. The van der Waals surface area contributed by atoms with Gasteiger partial charge in [0.2, 0.25) is 5.09 Å². The molecule has 1 N–H and O–H groups in total. The quantitative estimate of drug-likeness (QED) is 0.301. The number of hydrogen-bond acceptors (Lipinski definition) is 4. The van der Waals surface area contributed by atoms with Crippen molar-refractivity contribution >= 4 is 32.8 Å². The molecule has 0 amide bonds. The van der Waals surface area contributed by atoms with E-state index >= 15 is 0 Å². The molecular formula is C28H21FN4O2S. The van der Waals surface area contributed by atoms with Gasteiger partial charge in [-0.3, -0.25) is 0 Å². The van der Waals surface area contributed by atoms with Gasteiger partial charge in [0.1, 0.15) is 11.5 Å². The monoisotopic (exact) mass is 496 g/mol. The molecule has 0 aliphatic heterocycles. The highest BCUT2D eigenvalue weighted by molar-refractivity contribution is 7.82. The molecule has 36 heavy (non-hydrogen) atoms. The average Bonchev–Trinajstić information content (AvgIpc) is 3.54. The van der Waals surface area contributed by atoms with Crippen molar-refractivity contribution in [2.75, 3.05) is 0 Å². The minimum absolute atomic E-state index is 0.228. The van der Waals surface area contributed by atoms with Crippen LogP contribution in [0.1, 0.15) is 11.1 Å². The highest BCUT2D eigenvalue weighted by Crippen LogP contribution is 2.30. The molecule has 0 bridgehead atoms. The van der Waals surface area contributed by atoms with E-state index < -0.39 is 11.0 Å². The molecule has 0 aliphatic carbocycles. The summed E-state index contributed by atoms with van der Waals surface area (Å²) < 4.78 is 37.9. The molecule has 3 aromatic heterocycles. The number of aromatic nitrogens is 3. The number of benzene rings is 3. The maximum absolute atomic E-state index is 14.3. The average molecular weight is 497 g/mol. The molecule has 6 rings (SSSR count). The van der Waals surface area contributed by atoms with Crippen LogP contribution in [0, 0.1) is 5.82 Å². The molecule has 0 saturated carbocycles. The van der Waals surface area contributed by atoms with Crippen LogP contribution in [-0.4, -0.2) is 19.0 Å². The van der Waals surface area contributed by atoms with Gasteiger partial charge in [-0.25, -0.2) is 23.0 Å².